The molecule has 1 aromatic heterocycles. The van der Waals surface area contributed by atoms with E-state index in [-0.39, 0.29) is 5.91 Å². The molecule has 0 bridgehead atoms. The minimum absolute atomic E-state index is 0.131. The summed E-state index contributed by atoms with van der Waals surface area (Å²) >= 11 is 0. The molecule has 24 heavy (non-hydrogen) atoms. The molecule has 0 saturated heterocycles. The van der Waals surface area contributed by atoms with Crippen LogP contribution in [0.1, 0.15) is 15.9 Å². The molecule has 0 spiro atoms. The molecule has 2 aromatic carbocycles. The van der Waals surface area contributed by atoms with Crippen LogP contribution in [0.4, 0.5) is 0 Å². The molecule has 0 aliphatic heterocycles. The lowest BCUT2D eigenvalue weighted by Gasteiger charge is -2.07. The van der Waals surface area contributed by atoms with Gasteiger partial charge in [-0.25, -0.2) is 0 Å². The number of fused-ring (bicyclic) bond motifs is 1. The Morgan fingerprint density at radius 3 is 2.58 bits per heavy atom. The second-order valence-electron chi connectivity index (χ2n) is 5.56. The van der Waals surface area contributed by atoms with E-state index < -0.39 is 0 Å². The zero-order valence-corrected chi connectivity index (χ0v) is 14.0. The highest BCUT2D eigenvalue weighted by Gasteiger charge is 2.11. The molecule has 1 N–H and O–H groups in total. The van der Waals surface area contributed by atoms with Crippen LogP contribution in [0, 0.1) is 0 Å². The number of methoxy groups -OCH3 is 2. The molecule has 1 heterocycles. The van der Waals surface area contributed by atoms with Crippen LogP contribution in [-0.4, -0.2) is 24.7 Å². The van der Waals surface area contributed by atoms with Gasteiger partial charge in [0.2, 0.25) is 0 Å². The fraction of sp³-hybridized carbons (Fsp3) is 0.211. The summed E-state index contributed by atoms with van der Waals surface area (Å²) in [5.41, 5.74) is 2.72. The SMILES string of the molecule is COc1cccc(C(=O)NCc2cn(C)c3ccc(OC)cc23)c1. The number of aryl methyl sites for hydroxylation is 1. The minimum Gasteiger partial charge on any atom is -0.497 e. The smallest absolute Gasteiger partial charge is 0.251 e. The van der Waals surface area contributed by atoms with E-state index >= 15 is 0 Å². The van der Waals surface area contributed by atoms with Crippen molar-refractivity contribution in [3.8, 4) is 11.5 Å². The largest absolute Gasteiger partial charge is 0.497 e. The monoisotopic (exact) mass is 324 g/mol. The molecule has 3 aromatic rings. The molecule has 5 nitrogen and oxygen atoms in total. The number of hydrogen-bond donors (Lipinski definition) is 1. The lowest BCUT2D eigenvalue weighted by Crippen LogP contribution is -2.22. The van der Waals surface area contributed by atoms with Gasteiger partial charge in [0.15, 0.2) is 0 Å². The van der Waals surface area contributed by atoms with Crippen molar-refractivity contribution in [2.75, 3.05) is 14.2 Å². The third kappa shape index (κ3) is 3.06. The van der Waals surface area contributed by atoms with E-state index in [2.05, 4.69) is 5.32 Å². The molecular formula is C19H20N2O3. The number of aromatic nitrogens is 1. The first-order chi connectivity index (χ1) is 11.6. The average Bonchev–Trinajstić information content (AvgIpc) is 2.95. The Hall–Kier alpha value is -2.95. The van der Waals surface area contributed by atoms with E-state index in [1.807, 2.05) is 42.1 Å². The van der Waals surface area contributed by atoms with Crippen LogP contribution in [0.15, 0.2) is 48.7 Å². The van der Waals surface area contributed by atoms with Crippen molar-refractivity contribution in [1.29, 1.82) is 0 Å². The van der Waals surface area contributed by atoms with E-state index in [1.165, 1.54) is 0 Å². The number of benzene rings is 2. The van der Waals surface area contributed by atoms with Gasteiger partial charge in [-0.15, -0.1) is 0 Å². The summed E-state index contributed by atoms with van der Waals surface area (Å²) in [6.07, 6.45) is 2.02. The van der Waals surface area contributed by atoms with E-state index in [9.17, 15) is 4.79 Å². The molecule has 124 valence electrons. The Labute approximate surface area is 140 Å². The van der Waals surface area contributed by atoms with Crippen molar-refractivity contribution in [2.45, 2.75) is 6.54 Å². The molecule has 0 unspecified atom stereocenters. The first-order valence-electron chi connectivity index (χ1n) is 7.66. The predicted octanol–water partition coefficient (Wildman–Crippen LogP) is 3.13. The molecule has 0 radical (unpaired) electrons. The van der Waals surface area contributed by atoms with Crippen LogP contribution in [-0.2, 0) is 13.6 Å². The lowest BCUT2D eigenvalue weighted by molar-refractivity contribution is 0.0950. The average molecular weight is 324 g/mol. The molecular weight excluding hydrogens is 304 g/mol. The molecule has 5 heteroatoms. The Kier molecular flexibility index (Phi) is 4.42. The van der Waals surface area contributed by atoms with Gasteiger partial charge in [-0.05, 0) is 42.0 Å². The summed E-state index contributed by atoms with van der Waals surface area (Å²) in [6.45, 7) is 0.445. The number of nitrogens with one attached hydrogen (secondary N) is 1. The van der Waals surface area contributed by atoms with Crippen molar-refractivity contribution < 1.29 is 14.3 Å². The van der Waals surface area contributed by atoms with Crippen LogP contribution < -0.4 is 14.8 Å². The highest BCUT2D eigenvalue weighted by Crippen LogP contribution is 2.25. The first-order valence-corrected chi connectivity index (χ1v) is 7.66. The zero-order chi connectivity index (χ0) is 17.1. The van der Waals surface area contributed by atoms with Crippen molar-refractivity contribution >= 4 is 16.8 Å². The highest BCUT2D eigenvalue weighted by molar-refractivity contribution is 5.95. The lowest BCUT2D eigenvalue weighted by atomic mass is 10.1. The predicted molar refractivity (Wildman–Crippen MR) is 93.6 cm³/mol. The Bertz CT molecular complexity index is 883. The molecule has 0 saturated carbocycles. The van der Waals surface area contributed by atoms with Crippen LogP contribution >= 0.6 is 0 Å². The quantitative estimate of drug-likeness (QED) is 0.784. The van der Waals surface area contributed by atoms with Crippen molar-refractivity contribution in [3.63, 3.8) is 0 Å². The molecule has 1 amide bonds. The van der Waals surface area contributed by atoms with Crippen LogP contribution in [0.5, 0.6) is 11.5 Å². The molecule has 0 aliphatic rings. The third-order valence-corrected chi connectivity index (χ3v) is 4.05. The number of amides is 1. The number of carbonyl (C=O) groups is 1. The summed E-state index contributed by atoms with van der Waals surface area (Å²) in [4.78, 5) is 12.4. The first kappa shape index (κ1) is 15.9. The maximum atomic E-state index is 12.4. The summed E-state index contributed by atoms with van der Waals surface area (Å²) in [7, 11) is 5.22. The van der Waals surface area contributed by atoms with Gasteiger partial charge in [-0.2, -0.15) is 0 Å². The molecule has 0 fully saturated rings. The van der Waals surface area contributed by atoms with Gasteiger partial charge in [0.1, 0.15) is 11.5 Å². The van der Waals surface area contributed by atoms with Crippen LogP contribution in [0.3, 0.4) is 0 Å². The summed E-state index contributed by atoms with van der Waals surface area (Å²) in [5.74, 6) is 1.33. The third-order valence-electron chi connectivity index (χ3n) is 4.05. The van der Waals surface area contributed by atoms with Crippen molar-refractivity contribution in [2.24, 2.45) is 7.05 Å². The van der Waals surface area contributed by atoms with E-state index in [4.69, 9.17) is 9.47 Å². The topological polar surface area (TPSA) is 52.5 Å². The highest BCUT2D eigenvalue weighted by atomic mass is 16.5. The maximum Gasteiger partial charge on any atom is 0.251 e. The second kappa shape index (κ2) is 6.66. The van der Waals surface area contributed by atoms with Gasteiger partial charge < -0.3 is 19.4 Å². The summed E-state index contributed by atoms with van der Waals surface area (Å²) < 4.78 is 12.5. The van der Waals surface area contributed by atoms with Gasteiger partial charge >= 0.3 is 0 Å². The Morgan fingerprint density at radius 2 is 1.83 bits per heavy atom. The maximum absolute atomic E-state index is 12.4. The van der Waals surface area contributed by atoms with E-state index in [0.29, 0.717) is 17.9 Å². The normalized spacial score (nSPS) is 10.6. The van der Waals surface area contributed by atoms with Crippen LogP contribution in [0.25, 0.3) is 10.9 Å². The summed E-state index contributed by atoms with van der Waals surface area (Å²) in [5, 5.41) is 4.03. The fourth-order valence-electron chi connectivity index (χ4n) is 2.76. The van der Waals surface area contributed by atoms with Crippen LogP contribution in [0.2, 0.25) is 0 Å². The van der Waals surface area contributed by atoms with Gasteiger partial charge in [-0.3, -0.25) is 4.79 Å². The van der Waals surface area contributed by atoms with Gasteiger partial charge in [0, 0.05) is 36.3 Å². The molecule has 3 rings (SSSR count). The zero-order valence-electron chi connectivity index (χ0n) is 14.0. The summed E-state index contributed by atoms with van der Waals surface area (Å²) in [6, 6.07) is 13.0. The van der Waals surface area contributed by atoms with E-state index in [1.54, 1.807) is 32.4 Å². The van der Waals surface area contributed by atoms with Gasteiger partial charge in [0.05, 0.1) is 14.2 Å². The Morgan fingerprint density at radius 1 is 1.08 bits per heavy atom. The standard InChI is InChI=1S/C19H20N2O3/c1-21-12-14(17-10-16(24-3)7-8-18(17)21)11-20-19(22)13-5-4-6-15(9-13)23-2/h4-10,12H,11H2,1-3H3,(H,20,22). The van der Waals surface area contributed by atoms with Gasteiger partial charge in [-0.1, -0.05) is 6.07 Å². The number of nitrogens with zero attached hydrogens (tertiary/aromatic N) is 1. The molecule has 0 aliphatic carbocycles. The number of rotatable bonds is 5. The minimum atomic E-state index is -0.131. The number of carbonyl (C=O) groups excluding carboxylic acids is 1. The fourth-order valence-corrected chi connectivity index (χ4v) is 2.76. The Balaban J connectivity index is 1.81. The van der Waals surface area contributed by atoms with Gasteiger partial charge in [0.25, 0.3) is 5.91 Å². The molecule has 0 atom stereocenters. The number of ether oxygens (including phenoxy) is 2. The van der Waals surface area contributed by atoms with Crippen molar-refractivity contribution in [3.05, 3.63) is 59.8 Å². The second-order valence-corrected chi connectivity index (χ2v) is 5.56. The van der Waals surface area contributed by atoms with Crippen molar-refractivity contribution in [1.82, 2.24) is 9.88 Å². The number of hydrogen-bond acceptors (Lipinski definition) is 3. The van der Waals surface area contributed by atoms with E-state index in [0.717, 1.165) is 22.2 Å².